The monoisotopic (exact) mass is 217 g/mol. The number of carbonyl (C=O) groups excluding carboxylic acids is 1. The molecule has 0 spiro atoms. The van der Waals surface area contributed by atoms with Crippen molar-refractivity contribution < 1.29 is 22.5 Å². The molecule has 4 nitrogen and oxygen atoms in total. The number of amidine groups is 1. The summed E-state index contributed by atoms with van der Waals surface area (Å²) in [7, 11) is 0. The molecule has 5 heteroatoms. The Labute approximate surface area is 89.9 Å². The molecule has 0 unspecified atom stereocenters. The highest BCUT2D eigenvalue weighted by Crippen LogP contribution is 2.23. The molecule has 1 heterocycles. The third-order valence-corrected chi connectivity index (χ3v) is 2.83. The summed E-state index contributed by atoms with van der Waals surface area (Å²) in [6, 6.07) is 0. The van der Waals surface area contributed by atoms with Crippen LogP contribution in [0.1, 0.15) is 32.1 Å². The number of nitrogens with zero attached hydrogens (tertiary/aromatic N) is 1. The third-order valence-electron chi connectivity index (χ3n) is 2.83. The van der Waals surface area contributed by atoms with Crippen molar-refractivity contribution in [3.05, 3.63) is 0 Å². The van der Waals surface area contributed by atoms with Gasteiger partial charge in [0.05, 0.1) is 5.92 Å². The van der Waals surface area contributed by atoms with E-state index in [4.69, 9.17) is 0 Å². The maximum Gasteiger partial charge on any atom is 0.295 e. The second-order valence-corrected chi connectivity index (χ2v) is 3.81. The Kier molecular flexibility index (Phi) is 4.35. The number of nitrogens with two attached hydrogens (primary N) is 1. The summed E-state index contributed by atoms with van der Waals surface area (Å²) in [5, 5.41) is 6.08. The Morgan fingerprint density at radius 3 is 2.57 bits per heavy atom. The summed E-state index contributed by atoms with van der Waals surface area (Å²) in [4.78, 5) is 10.8. The van der Waals surface area contributed by atoms with Gasteiger partial charge in [-0.3, -0.25) is 10.1 Å². The molecule has 1 saturated carbocycles. The van der Waals surface area contributed by atoms with Gasteiger partial charge in [-0.1, -0.05) is 19.3 Å². The molecule has 0 bridgehead atoms. The first-order valence-electron chi connectivity index (χ1n) is 5.06. The highest BCUT2D eigenvalue weighted by Gasteiger charge is 2.25. The van der Waals surface area contributed by atoms with E-state index in [2.05, 4.69) is 10.5 Å². The molecule has 14 heavy (non-hydrogen) atoms. The van der Waals surface area contributed by atoms with Crippen LogP contribution in [-0.2, 0) is 4.79 Å². The van der Waals surface area contributed by atoms with E-state index >= 15 is 0 Å². The van der Waals surface area contributed by atoms with E-state index in [-0.39, 0.29) is 18.3 Å². The van der Waals surface area contributed by atoms with Gasteiger partial charge in [0.15, 0.2) is 6.54 Å². The molecule has 1 amide bonds. The Balaban J connectivity index is 0.000000980. The standard InChI is InChI=1S/C9H15N3O.ClH/c13-8-6-10-9(12-11-8)7-4-2-1-3-5-7;/h7H,1-6H2,(H,10,12)(H,11,13);1H. The van der Waals surface area contributed by atoms with Gasteiger partial charge in [-0.2, -0.15) is 0 Å². The lowest BCUT2D eigenvalue weighted by Gasteiger charge is -2.22. The van der Waals surface area contributed by atoms with Crippen LogP contribution in [0.15, 0.2) is 5.10 Å². The number of hydrogen-bond donors (Lipinski definition) is 2. The van der Waals surface area contributed by atoms with Gasteiger partial charge in [-0.25, -0.2) is 5.43 Å². The van der Waals surface area contributed by atoms with Crippen molar-refractivity contribution in [3.8, 4) is 0 Å². The minimum absolute atomic E-state index is 0. The summed E-state index contributed by atoms with van der Waals surface area (Å²) in [6.45, 7) is 0.509. The van der Waals surface area contributed by atoms with E-state index < -0.39 is 0 Å². The van der Waals surface area contributed by atoms with Gasteiger partial charge in [0, 0.05) is 0 Å². The molecule has 1 aliphatic heterocycles. The molecule has 0 atom stereocenters. The molecule has 3 N–H and O–H groups in total. The summed E-state index contributed by atoms with van der Waals surface area (Å²) in [6.07, 6.45) is 6.46. The van der Waals surface area contributed by atoms with Crippen molar-refractivity contribution in [1.82, 2.24) is 5.43 Å². The Bertz CT molecular complexity index is 236. The van der Waals surface area contributed by atoms with Crippen LogP contribution in [0.2, 0.25) is 0 Å². The van der Waals surface area contributed by atoms with Crippen molar-refractivity contribution in [2.75, 3.05) is 6.54 Å². The fraction of sp³-hybridized carbons (Fsp3) is 0.778. The minimum Gasteiger partial charge on any atom is -1.00 e. The van der Waals surface area contributed by atoms with Gasteiger partial charge in [0.2, 0.25) is 5.84 Å². The summed E-state index contributed by atoms with van der Waals surface area (Å²) < 4.78 is 0. The van der Waals surface area contributed by atoms with Gasteiger partial charge < -0.3 is 12.4 Å². The van der Waals surface area contributed by atoms with Gasteiger partial charge in [0.1, 0.15) is 0 Å². The maximum absolute atomic E-state index is 10.8. The van der Waals surface area contributed by atoms with E-state index in [1.807, 2.05) is 5.32 Å². The zero-order valence-electron chi connectivity index (χ0n) is 8.13. The van der Waals surface area contributed by atoms with Crippen LogP contribution < -0.4 is 23.1 Å². The number of nitrogens with one attached hydrogen (secondary N) is 1. The fourth-order valence-corrected chi connectivity index (χ4v) is 2.07. The highest BCUT2D eigenvalue weighted by atomic mass is 35.5. The number of quaternary nitrogens is 1. The highest BCUT2D eigenvalue weighted by molar-refractivity contribution is 5.85. The Hall–Kier alpha value is -0.610. The van der Waals surface area contributed by atoms with Gasteiger partial charge in [-0.05, 0) is 12.8 Å². The number of rotatable bonds is 1. The Morgan fingerprint density at radius 1 is 1.29 bits per heavy atom. The first-order valence-corrected chi connectivity index (χ1v) is 5.06. The number of hydrazone groups is 1. The molecule has 1 aliphatic carbocycles. The van der Waals surface area contributed by atoms with Gasteiger partial charge in [0.25, 0.3) is 5.91 Å². The van der Waals surface area contributed by atoms with Crippen molar-refractivity contribution in [1.29, 1.82) is 0 Å². The molecule has 0 aromatic heterocycles. The van der Waals surface area contributed by atoms with E-state index in [0.29, 0.717) is 12.5 Å². The molecule has 2 rings (SSSR count). The van der Waals surface area contributed by atoms with E-state index in [1.165, 1.54) is 32.1 Å². The van der Waals surface area contributed by atoms with Crippen molar-refractivity contribution >= 4 is 11.7 Å². The van der Waals surface area contributed by atoms with Crippen molar-refractivity contribution in [2.24, 2.45) is 11.0 Å². The molecular formula is C9H16ClN3O. The zero-order chi connectivity index (χ0) is 9.10. The van der Waals surface area contributed by atoms with Crippen LogP contribution >= 0.6 is 0 Å². The molecule has 2 aliphatic rings. The first kappa shape index (κ1) is 11.5. The minimum atomic E-state index is 0. The summed E-state index contributed by atoms with van der Waals surface area (Å²) in [5.41, 5.74) is 2.55. The lowest BCUT2D eigenvalue weighted by Crippen LogP contribution is -3.00. The summed E-state index contributed by atoms with van der Waals surface area (Å²) in [5.74, 6) is 1.73. The molecule has 0 aromatic rings. The molecule has 0 radical (unpaired) electrons. The second-order valence-electron chi connectivity index (χ2n) is 3.81. The fourth-order valence-electron chi connectivity index (χ4n) is 2.07. The number of halogens is 1. The second kappa shape index (κ2) is 5.32. The van der Waals surface area contributed by atoms with Crippen LogP contribution in [-0.4, -0.2) is 18.3 Å². The number of hydrogen-bond acceptors (Lipinski definition) is 2. The number of amides is 1. The lowest BCUT2D eigenvalue weighted by atomic mass is 9.88. The predicted octanol–water partition coefficient (Wildman–Crippen LogP) is -3.42. The molecule has 0 saturated heterocycles. The van der Waals surface area contributed by atoms with Crippen molar-refractivity contribution in [3.63, 3.8) is 0 Å². The van der Waals surface area contributed by atoms with E-state index in [1.54, 1.807) is 0 Å². The van der Waals surface area contributed by atoms with Crippen LogP contribution in [0.4, 0.5) is 0 Å². The Morgan fingerprint density at radius 2 is 2.00 bits per heavy atom. The van der Waals surface area contributed by atoms with Gasteiger partial charge in [-0.15, -0.1) is 5.10 Å². The average molecular weight is 218 g/mol. The molecule has 1 fully saturated rings. The zero-order valence-corrected chi connectivity index (χ0v) is 8.89. The predicted molar refractivity (Wildman–Crippen MR) is 48.9 cm³/mol. The molecule has 80 valence electrons. The van der Waals surface area contributed by atoms with E-state index in [9.17, 15) is 4.79 Å². The van der Waals surface area contributed by atoms with Gasteiger partial charge >= 0.3 is 0 Å². The third kappa shape index (κ3) is 2.69. The SMILES string of the molecule is O=C1C[NH2+]C(C2CCCCC2)=NN1.[Cl-]. The number of carbonyl (C=O) groups is 1. The largest absolute Gasteiger partial charge is 1.00 e. The molecule has 0 aromatic carbocycles. The quantitative estimate of drug-likeness (QED) is 0.472. The first-order chi connectivity index (χ1) is 6.36. The average Bonchev–Trinajstić information content (AvgIpc) is 2.20. The van der Waals surface area contributed by atoms with Crippen LogP contribution in [0.5, 0.6) is 0 Å². The van der Waals surface area contributed by atoms with Crippen LogP contribution in [0, 0.1) is 5.92 Å². The topological polar surface area (TPSA) is 58.1 Å². The maximum atomic E-state index is 10.8. The van der Waals surface area contributed by atoms with Crippen molar-refractivity contribution in [2.45, 2.75) is 32.1 Å². The van der Waals surface area contributed by atoms with Crippen LogP contribution in [0.3, 0.4) is 0 Å². The molecular weight excluding hydrogens is 202 g/mol. The normalized spacial score (nSPS) is 23.4. The van der Waals surface area contributed by atoms with E-state index in [0.717, 1.165) is 5.84 Å². The summed E-state index contributed by atoms with van der Waals surface area (Å²) >= 11 is 0. The lowest BCUT2D eigenvalue weighted by molar-refractivity contribution is -0.535. The van der Waals surface area contributed by atoms with Crippen LogP contribution in [0.25, 0.3) is 0 Å². The smallest absolute Gasteiger partial charge is 0.295 e.